The van der Waals surface area contributed by atoms with Gasteiger partial charge in [0.2, 0.25) is 0 Å². The monoisotopic (exact) mass is 831 g/mol. The fraction of sp³-hybridized carbons (Fsp3) is 0.820. The van der Waals surface area contributed by atoms with E-state index in [1.807, 2.05) is 27.7 Å². The van der Waals surface area contributed by atoms with Crippen LogP contribution in [0.4, 0.5) is 0 Å². The van der Waals surface area contributed by atoms with Crippen molar-refractivity contribution in [1.82, 2.24) is 9.13 Å². The number of aromatic nitrogens is 2. The van der Waals surface area contributed by atoms with Gasteiger partial charge in [-0.05, 0) is 70.5 Å². The molecule has 0 radical (unpaired) electrons. The minimum atomic E-state index is -0.849. The lowest BCUT2D eigenvalue weighted by atomic mass is 9.52. The van der Waals surface area contributed by atoms with Crippen LogP contribution in [-0.2, 0) is 38.2 Å². The summed E-state index contributed by atoms with van der Waals surface area (Å²) < 4.78 is 8.80. The number of methoxy groups -OCH3 is 1. The highest BCUT2D eigenvalue weighted by molar-refractivity contribution is 5.71. The van der Waals surface area contributed by atoms with Crippen molar-refractivity contribution in [2.75, 3.05) is 13.7 Å². The van der Waals surface area contributed by atoms with Crippen molar-refractivity contribution in [2.24, 2.45) is 46.0 Å². The predicted octanol–water partition coefficient (Wildman–Crippen LogP) is 12.7. The Morgan fingerprint density at radius 1 is 0.610 bits per heavy atom. The van der Waals surface area contributed by atoms with Gasteiger partial charge in [0.25, 0.3) is 0 Å². The molecule has 0 saturated heterocycles. The van der Waals surface area contributed by atoms with Crippen LogP contribution in [0, 0.1) is 38.9 Å². The smallest absolute Gasteiger partial charge is 0.307 e. The molecule has 2 heterocycles. The maximum atomic E-state index is 13.2. The molecule has 0 aromatic carbocycles. The second-order valence-corrected chi connectivity index (χ2v) is 25.1. The van der Waals surface area contributed by atoms with E-state index in [9.17, 15) is 30.3 Å². The van der Waals surface area contributed by atoms with E-state index in [-0.39, 0.29) is 46.3 Å². The topological polar surface area (TPSA) is 137 Å². The van der Waals surface area contributed by atoms with Crippen LogP contribution in [0.1, 0.15) is 206 Å². The highest BCUT2D eigenvalue weighted by atomic mass is 16.5. The first-order valence-electron chi connectivity index (χ1n) is 22.0. The molecule has 5 N–H and O–H groups in total. The molecule has 0 amide bonds. The first-order valence-corrected chi connectivity index (χ1v) is 22.0. The van der Waals surface area contributed by atoms with Crippen molar-refractivity contribution in [1.29, 1.82) is 0 Å². The fourth-order valence-electron chi connectivity index (χ4n) is 11.3. The van der Waals surface area contributed by atoms with Crippen LogP contribution < -0.4 is 0 Å². The number of rotatable bonds is 18. The largest absolute Gasteiger partial charge is 0.494 e. The van der Waals surface area contributed by atoms with Gasteiger partial charge in [-0.2, -0.15) is 0 Å². The standard InChI is InChI=1S/C50H90N2O7/c1-25-30(2)52-39(55)34(36(40(52)56)50(21,22)47(15,16)28-45(11,12)32(41(57)58)31(26-59-24)43(6,7)8)46(13,14)29-48(17,18)49(19,20)35-33(37(53)51(23)38(35)54)44(9,10)27-42(3,4)5/h30-32,53-56H,25-29H2,1-24H3,(H,57,58). The molecule has 342 valence electrons. The van der Waals surface area contributed by atoms with Crippen LogP contribution in [0.2, 0.25) is 0 Å². The number of carboxylic acid groups (broad SMARTS) is 1. The minimum Gasteiger partial charge on any atom is -0.494 e. The van der Waals surface area contributed by atoms with Gasteiger partial charge in [-0.3, -0.25) is 13.9 Å². The van der Waals surface area contributed by atoms with Crippen LogP contribution in [0.3, 0.4) is 0 Å². The van der Waals surface area contributed by atoms with E-state index >= 15 is 0 Å². The Kier molecular flexibility index (Phi) is 14.6. The predicted molar refractivity (Wildman–Crippen MR) is 244 cm³/mol. The third kappa shape index (κ3) is 9.81. The Morgan fingerprint density at radius 3 is 1.37 bits per heavy atom. The molecule has 0 aliphatic rings. The molecule has 0 aliphatic carbocycles. The van der Waals surface area contributed by atoms with Gasteiger partial charge < -0.3 is 30.3 Å². The van der Waals surface area contributed by atoms with E-state index in [1.165, 1.54) is 4.57 Å². The van der Waals surface area contributed by atoms with Crippen LogP contribution in [-0.4, -0.2) is 54.4 Å². The molecule has 9 nitrogen and oxygen atoms in total. The number of carbonyl (C=O) groups is 1. The summed E-state index contributed by atoms with van der Waals surface area (Å²) in [5.41, 5.74) is -2.06. The highest BCUT2D eigenvalue weighted by Crippen LogP contribution is 2.62. The highest BCUT2D eigenvalue weighted by Gasteiger charge is 2.55. The van der Waals surface area contributed by atoms with E-state index in [4.69, 9.17) is 4.74 Å². The first-order chi connectivity index (χ1) is 26.0. The Morgan fingerprint density at radius 2 is 0.983 bits per heavy atom. The summed E-state index contributed by atoms with van der Waals surface area (Å²) >= 11 is 0. The number of hydrogen-bond donors (Lipinski definition) is 5. The van der Waals surface area contributed by atoms with Crippen molar-refractivity contribution >= 4 is 5.97 Å². The summed E-state index contributed by atoms with van der Waals surface area (Å²) in [6, 6.07) is -0.201. The van der Waals surface area contributed by atoms with Crippen molar-refractivity contribution in [3.05, 3.63) is 22.3 Å². The van der Waals surface area contributed by atoms with Gasteiger partial charge in [0.1, 0.15) is 0 Å². The Balaban J connectivity index is 2.96. The van der Waals surface area contributed by atoms with Crippen LogP contribution in [0.5, 0.6) is 23.5 Å². The molecule has 0 bridgehead atoms. The second kappa shape index (κ2) is 16.5. The molecule has 0 aliphatic heterocycles. The number of ether oxygens (including phenoxy) is 1. The quantitative estimate of drug-likeness (QED) is 0.101. The average Bonchev–Trinajstić information content (AvgIpc) is 3.42. The zero-order chi connectivity index (χ0) is 46.8. The van der Waals surface area contributed by atoms with E-state index < -0.39 is 49.8 Å². The second-order valence-electron chi connectivity index (χ2n) is 25.1. The van der Waals surface area contributed by atoms with Gasteiger partial charge in [0.15, 0.2) is 23.5 Å². The first kappa shape index (κ1) is 52.3. The maximum Gasteiger partial charge on any atom is 0.307 e. The molecule has 2 aromatic rings. The van der Waals surface area contributed by atoms with E-state index in [1.54, 1.807) is 18.7 Å². The number of hydrogen-bond acceptors (Lipinski definition) is 6. The SMILES string of the molecule is CCC(C)n1c(O)c(C(C)(C)CC(C)(C)C(C)(C)c2c(C(C)(C)CC(C)(C)C)c(O)n(C)c2O)c(C(C)(C)C(C)(C)CC(C)(C)C(C(=O)O)C(COC)C(C)(C)C)c1O. The maximum absolute atomic E-state index is 13.2. The molecule has 0 spiro atoms. The summed E-state index contributed by atoms with van der Waals surface area (Å²) in [6.45, 7) is 47.0. The van der Waals surface area contributed by atoms with E-state index in [0.717, 1.165) is 17.5 Å². The molecule has 9 heteroatoms. The fourth-order valence-corrected chi connectivity index (χ4v) is 11.3. The summed E-state index contributed by atoms with van der Waals surface area (Å²) in [5, 5.41) is 59.3. The van der Waals surface area contributed by atoms with Gasteiger partial charge in [0.05, 0.1) is 12.5 Å². The molecular formula is C50H90N2O7. The Hall–Kier alpha value is -2.81. The van der Waals surface area contributed by atoms with E-state index in [0.29, 0.717) is 37.0 Å². The molecule has 0 fully saturated rings. The van der Waals surface area contributed by atoms with Gasteiger partial charge in [-0.15, -0.1) is 0 Å². The van der Waals surface area contributed by atoms with Crippen LogP contribution in [0.25, 0.3) is 0 Å². The van der Waals surface area contributed by atoms with Crippen molar-refractivity contribution in [2.45, 2.75) is 206 Å². The van der Waals surface area contributed by atoms with Crippen LogP contribution >= 0.6 is 0 Å². The molecular weight excluding hydrogens is 741 g/mol. The lowest BCUT2D eigenvalue weighted by Crippen LogP contribution is -2.49. The normalized spacial score (nSPS) is 16.1. The number of aliphatic carboxylic acids is 1. The average molecular weight is 831 g/mol. The zero-order valence-corrected chi connectivity index (χ0v) is 42.2. The van der Waals surface area contributed by atoms with E-state index in [2.05, 4.69) is 125 Å². The molecule has 59 heavy (non-hydrogen) atoms. The van der Waals surface area contributed by atoms with Crippen molar-refractivity contribution < 1.29 is 35.1 Å². The summed E-state index contributed by atoms with van der Waals surface area (Å²) in [4.78, 5) is 13.2. The van der Waals surface area contributed by atoms with Crippen LogP contribution in [0.15, 0.2) is 0 Å². The van der Waals surface area contributed by atoms with Gasteiger partial charge in [-0.25, -0.2) is 0 Å². The summed E-state index contributed by atoms with van der Waals surface area (Å²) in [5.74, 6) is -1.63. The lowest BCUT2D eigenvalue weighted by Gasteiger charge is -2.51. The summed E-state index contributed by atoms with van der Waals surface area (Å²) in [7, 11) is 3.33. The molecule has 2 aromatic heterocycles. The molecule has 0 saturated carbocycles. The molecule has 3 unspecified atom stereocenters. The number of aromatic hydroxyl groups is 4. The van der Waals surface area contributed by atoms with Gasteiger partial charge >= 0.3 is 5.97 Å². The molecule has 3 atom stereocenters. The Bertz CT molecular complexity index is 1800. The Labute approximate surface area is 360 Å². The molecule has 2 rings (SSSR count). The number of carboxylic acids is 1. The number of nitrogens with zero attached hydrogens (tertiary/aromatic N) is 2. The lowest BCUT2D eigenvalue weighted by molar-refractivity contribution is -0.155. The third-order valence-corrected chi connectivity index (χ3v) is 15.2. The third-order valence-electron chi connectivity index (χ3n) is 15.2. The zero-order valence-electron chi connectivity index (χ0n) is 42.2. The van der Waals surface area contributed by atoms with Gasteiger partial charge in [0, 0.05) is 59.2 Å². The van der Waals surface area contributed by atoms with Gasteiger partial charge in [-0.1, -0.05) is 145 Å². The van der Waals surface area contributed by atoms with Crippen molar-refractivity contribution in [3.63, 3.8) is 0 Å². The minimum absolute atomic E-state index is 0.0338. The summed E-state index contributed by atoms with van der Waals surface area (Å²) in [6.07, 6.45) is 2.52. The van der Waals surface area contributed by atoms with Crippen molar-refractivity contribution in [3.8, 4) is 23.5 Å².